The number of hydrogen-bond donors (Lipinski definition) is 1. The second-order valence-electron chi connectivity index (χ2n) is 3.22. The van der Waals surface area contributed by atoms with Crippen molar-refractivity contribution in [1.82, 2.24) is 0 Å². The summed E-state index contributed by atoms with van der Waals surface area (Å²) in [6.45, 7) is 1.64. The Morgan fingerprint density at radius 2 is 1.94 bits per heavy atom. The van der Waals surface area contributed by atoms with Crippen LogP contribution < -0.4 is 15.2 Å². The fourth-order valence-corrected chi connectivity index (χ4v) is 1.25. The molecule has 0 aliphatic heterocycles. The Morgan fingerprint density at radius 3 is 2.38 bits per heavy atom. The molecule has 0 saturated carbocycles. The second-order valence-corrected chi connectivity index (χ2v) is 3.22. The lowest BCUT2D eigenvalue weighted by Gasteiger charge is -2.11. The van der Waals surface area contributed by atoms with E-state index in [0.29, 0.717) is 17.1 Å². The van der Waals surface area contributed by atoms with E-state index in [2.05, 4.69) is 0 Å². The summed E-state index contributed by atoms with van der Waals surface area (Å²) in [4.78, 5) is 11.7. The molecule has 1 unspecified atom stereocenters. The number of carbonyl (C=O) groups excluding carboxylic acids is 1. The maximum absolute atomic E-state index is 11.7. The Balaban J connectivity index is 0.00000225. The third-order valence-electron chi connectivity index (χ3n) is 2.09. The van der Waals surface area contributed by atoms with E-state index in [-0.39, 0.29) is 18.2 Å². The molecule has 16 heavy (non-hydrogen) atoms. The maximum atomic E-state index is 11.7. The molecule has 2 N–H and O–H groups in total. The van der Waals surface area contributed by atoms with Gasteiger partial charge in [-0.25, -0.2) is 0 Å². The summed E-state index contributed by atoms with van der Waals surface area (Å²) in [5, 5.41) is 0. The van der Waals surface area contributed by atoms with E-state index in [1.807, 2.05) is 0 Å². The Hall–Kier alpha value is -1.26. The molecule has 0 spiro atoms. The first-order valence-corrected chi connectivity index (χ1v) is 4.62. The van der Waals surface area contributed by atoms with Crippen molar-refractivity contribution in [1.29, 1.82) is 0 Å². The minimum atomic E-state index is -0.550. The molecule has 0 saturated heterocycles. The third kappa shape index (κ3) is 3.12. The number of ether oxygens (including phenoxy) is 2. The summed E-state index contributed by atoms with van der Waals surface area (Å²) >= 11 is 0. The van der Waals surface area contributed by atoms with E-state index in [9.17, 15) is 4.79 Å². The van der Waals surface area contributed by atoms with Crippen LogP contribution in [0.2, 0.25) is 0 Å². The van der Waals surface area contributed by atoms with Gasteiger partial charge in [0.1, 0.15) is 11.5 Å². The minimum Gasteiger partial charge on any atom is -0.497 e. The predicted octanol–water partition coefficient (Wildman–Crippen LogP) is 1.66. The van der Waals surface area contributed by atoms with Crippen molar-refractivity contribution in [2.45, 2.75) is 13.0 Å². The molecule has 0 bridgehead atoms. The van der Waals surface area contributed by atoms with Crippen LogP contribution in [0, 0.1) is 0 Å². The SMILES string of the molecule is COc1ccc(OC)c(C(=O)C(C)N)c1.Cl. The lowest BCUT2D eigenvalue weighted by atomic mass is 10.0. The molecule has 0 amide bonds. The fourth-order valence-electron chi connectivity index (χ4n) is 1.25. The second kappa shape index (κ2) is 6.35. The highest BCUT2D eigenvalue weighted by molar-refractivity contribution is 6.02. The van der Waals surface area contributed by atoms with Crippen LogP contribution in [0.4, 0.5) is 0 Å². The van der Waals surface area contributed by atoms with Gasteiger partial charge in [-0.1, -0.05) is 0 Å². The van der Waals surface area contributed by atoms with E-state index in [1.54, 1.807) is 32.2 Å². The van der Waals surface area contributed by atoms with Crippen LogP contribution in [0.1, 0.15) is 17.3 Å². The van der Waals surface area contributed by atoms with Crippen LogP contribution in [0.25, 0.3) is 0 Å². The summed E-state index contributed by atoms with van der Waals surface area (Å²) in [6.07, 6.45) is 0. The molecule has 90 valence electrons. The van der Waals surface area contributed by atoms with Crippen molar-refractivity contribution in [2.75, 3.05) is 14.2 Å². The molecule has 0 aliphatic carbocycles. The molecular formula is C11H16ClNO3. The highest BCUT2D eigenvalue weighted by Crippen LogP contribution is 2.24. The van der Waals surface area contributed by atoms with Gasteiger partial charge in [-0.3, -0.25) is 4.79 Å². The quantitative estimate of drug-likeness (QED) is 0.820. The zero-order valence-corrected chi connectivity index (χ0v) is 10.3. The first-order valence-electron chi connectivity index (χ1n) is 4.62. The minimum absolute atomic E-state index is 0. The maximum Gasteiger partial charge on any atom is 0.183 e. The average molecular weight is 246 g/mol. The lowest BCUT2D eigenvalue weighted by molar-refractivity contribution is 0.0964. The summed E-state index contributed by atoms with van der Waals surface area (Å²) in [5.74, 6) is 0.962. The standard InChI is InChI=1S/C11H15NO3.ClH/c1-7(12)11(13)9-6-8(14-2)4-5-10(9)15-3;/h4-7H,12H2,1-3H3;1H. The molecule has 1 aromatic rings. The summed E-state index contributed by atoms with van der Waals surface area (Å²) in [5.41, 5.74) is 5.99. The summed E-state index contributed by atoms with van der Waals surface area (Å²) in [6, 6.07) is 4.50. The molecule has 1 rings (SSSR count). The van der Waals surface area contributed by atoms with Crippen molar-refractivity contribution in [3.8, 4) is 11.5 Å². The van der Waals surface area contributed by atoms with Gasteiger partial charge in [0, 0.05) is 0 Å². The normalized spacial score (nSPS) is 11.2. The van der Waals surface area contributed by atoms with Gasteiger partial charge in [0.25, 0.3) is 0 Å². The van der Waals surface area contributed by atoms with E-state index in [1.165, 1.54) is 7.11 Å². The van der Waals surface area contributed by atoms with E-state index in [0.717, 1.165) is 0 Å². The van der Waals surface area contributed by atoms with Crippen molar-refractivity contribution in [3.05, 3.63) is 23.8 Å². The highest BCUT2D eigenvalue weighted by Gasteiger charge is 2.16. The Labute approximate surface area is 101 Å². The zero-order chi connectivity index (χ0) is 11.4. The molecule has 1 atom stereocenters. The third-order valence-corrected chi connectivity index (χ3v) is 2.09. The molecule has 4 nitrogen and oxygen atoms in total. The Morgan fingerprint density at radius 1 is 1.31 bits per heavy atom. The van der Waals surface area contributed by atoms with Gasteiger partial charge in [-0.05, 0) is 25.1 Å². The Kier molecular flexibility index (Phi) is 5.85. The van der Waals surface area contributed by atoms with E-state index >= 15 is 0 Å². The van der Waals surface area contributed by atoms with Gasteiger partial charge < -0.3 is 15.2 Å². The smallest absolute Gasteiger partial charge is 0.183 e. The topological polar surface area (TPSA) is 61.5 Å². The number of ketones is 1. The lowest BCUT2D eigenvalue weighted by Crippen LogP contribution is -2.27. The number of nitrogens with two attached hydrogens (primary N) is 1. The molecule has 0 fully saturated rings. The highest BCUT2D eigenvalue weighted by atomic mass is 35.5. The van der Waals surface area contributed by atoms with Crippen molar-refractivity contribution in [2.24, 2.45) is 5.73 Å². The van der Waals surface area contributed by atoms with Gasteiger partial charge >= 0.3 is 0 Å². The van der Waals surface area contributed by atoms with Crippen LogP contribution in [0.15, 0.2) is 18.2 Å². The first kappa shape index (κ1) is 14.7. The van der Waals surface area contributed by atoms with Gasteiger partial charge in [0.15, 0.2) is 5.78 Å². The summed E-state index contributed by atoms with van der Waals surface area (Å²) < 4.78 is 10.1. The fraction of sp³-hybridized carbons (Fsp3) is 0.364. The number of carbonyl (C=O) groups is 1. The molecule has 5 heteroatoms. The van der Waals surface area contributed by atoms with Crippen molar-refractivity contribution in [3.63, 3.8) is 0 Å². The number of methoxy groups -OCH3 is 2. The first-order chi connectivity index (χ1) is 7.10. The Bertz CT molecular complexity index is 366. The van der Waals surface area contributed by atoms with Crippen LogP contribution in [0.5, 0.6) is 11.5 Å². The summed E-state index contributed by atoms with van der Waals surface area (Å²) in [7, 11) is 3.06. The van der Waals surface area contributed by atoms with E-state index < -0.39 is 6.04 Å². The number of benzene rings is 1. The van der Waals surface area contributed by atoms with Crippen LogP contribution in [-0.4, -0.2) is 26.0 Å². The number of Topliss-reactive ketones (excluding diaryl/α,β-unsaturated/α-hetero) is 1. The van der Waals surface area contributed by atoms with E-state index in [4.69, 9.17) is 15.2 Å². The molecule has 1 aromatic carbocycles. The molecule has 0 heterocycles. The van der Waals surface area contributed by atoms with Crippen molar-refractivity contribution >= 4 is 18.2 Å². The van der Waals surface area contributed by atoms with Crippen LogP contribution in [0.3, 0.4) is 0 Å². The van der Waals surface area contributed by atoms with Gasteiger partial charge in [0.05, 0.1) is 25.8 Å². The number of halogens is 1. The predicted molar refractivity (Wildman–Crippen MR) is 64.8 cm³/mol. The molecular weight excluding hydrogens is 230 g/mol. The van der Waals surface area contributed by atoms with Gasteiger partial charge in [0.2, 0.25) is 0 Å². The zero-order valence-electron chi connectivity index (χ0n) is 9.52. The van der Waals surface area contributed by atoms with Crippen LogP contribution in [-0.2, 0) is 0 Å². The largest absolute Gasteiger partial charge is 0.497 e. The van der Waals surface area contributed by atoms with Crippen LogP contribution >= 0.6 is 12.4 Å². The molecule has 0 aliphatic rings. The average Bonchev–Trinajstić information content (AvgIpc) is 2.27. The van der Waals surface area contributed by atoms with Gasteiger partial charge in [-0.2, -0.15) is 0 Å². The van der Waals surface area contributed by atoms with Crippen molar-refractivity contribution < 1.29 is 14.3 Å². The number of rotatable bonds is 4. The number of hydrogen-bond acceptors (Lipinski definition) is 4. The monoisotopic (exact) mass is 245 g/mol. The van der Waals surface area contributed by atoms with Gasteiger partial charge in [-0.15, -0.1) is 12.4 Å². The molecule has 0 aromatic heterocycles. The molecule has 0 radical (unpaired) electrons.